The molecule has 1 aliphatic heterocycles. The molecule has 2 rings (SSSR count). The highest BCUT2D eigenvalue weighted by Gasteiger charge is 2.22. The molecule has 1 unspecified atom stereocenters. The van der Waals surface area contributed by atoms with Crippen molar-refractivity contribution in [1.29, 1.82) is 5.26 Å². The summed E-state index contributed by atoms with van der Waals surface area (Å²) >= 11 is 0. The van der Waals surface area contributed by atoms with Crippen LogP contribution in [0.5, 0.6) is 0 Å². The number of carbonyl (C=O) groups excluding carboxylic acids is 2. The molecule has 1 amide bonds. The predicted octanol–water partition coefficient (Wildman–Crippen LogP) is 3.23. The fraction of sp³-hybridized carbons (Fsp3) is 0.500. The predicted molar refractivity (Wildman–Crippen MR) is 110 cm³/mol. The maximum atomic E-state index is 12.7. The van der Waals surface area contributed by atoms with Gasteiger partial charge in [0, 0.05) is 25.4 Å². The van der Waals surface area contributed by atoms with Crippen molar-refractivity contribution in [3.63, 3.8) is 0 Å². The maximum Gasteiger partial charge on any atom is 0.340 e. The standard InChI is InChI=1S/C22H29N3O4/c1-2-3-14-29-22(28)19-9-4-5-10-20(19)24-21(27)17(15-23)16-25-12-7-6-8-18(25)11-13-26/h4-5,9-10,16,18,26H,2-3,6-8,11-14H2,1H3,(H,24,27)/b17-16-. The summed E-state index contributed by atoms with van der Waals surface area (Å²) in [5.74, 6) is -1.08. The van der Waals surface area contributed by atoms with Crippen molar-refractivity contribution >= 4 is 17.6 Å². The smallest absolute Gasteiger partial charge is 0.340 e. The number of esters is 1. The zero-order valence-electron chi connectivity index (χ0n) is 16.9. The first-order valence-electron chi connectivity index (χ1n) is 10.2. The van der Waals surface area contributed by atoms with Gasteiger partial charge in [-0.05, 0) is 44.2 Å². The fourth-order valence-corrected chi connectivity index (χ4v) is 3.30. The molecule has 1 fully saturated rings. The van der Waals surface area contributed by atoms with Gasteiger partial charge in [0.25, 0.3) is 5.91 Å². The third-order valence-electron chi connectivity index (χ3n) is 4.92. The second kappa shape index (κ2) is 11.9. The number of hydrogen-bond acceptors (Lipinski definition) is 6. The largest absolute Gasteiger partial charge is 0.462 e. The minimum absolute atomic E-state index is 0.0380. The van der Waals surface area contributed by atoms with Crippen molar-refractivity contribution in [2.75, 3.05) is 25.1 Å². The van der Waals surface area contributed by atoms with Crippen LogP contribution in [0.15, 0.2) is 36.0 Å². The third-order valence-corrected chi connectivity index (χ3v) is 4.92. The van der Waals surface area contributed by atoms with Gasteiger partial charge in [-0.2, -0.15) is 5.26 Å². The highest BCUT2D eigenvalue weighted by molar-refractivity contribution is 6.09. The van der Waals surface area contributed by atoms with Crippen molar-refractivity contribution in [2.45, 2.75) is 51.5 Å². The van der Waals surface area contributed by atoms with E-state index in [1.54, 1.807) is 30.5 Å². The number of unbranched alkanes of at least 4 members (excludes halogenated alkanes) is 1. The van der Waals surface area contributed by atoms with E-state index in [2.05, 4.69) is 5.32 Å². The van der Waals surface area contributed by atoms with E-state index in [4.69, 9.17) is 4.74 Å². The summed E-state index contributed by atoms with van der Waals surface area (Å²) in [6.07, 6.45) is 6.81. The van der Waals surface area contributed by atoms with Crippen molar-refractivity contribution in [3.05, 3.63) is 41.6 Å². The van der Waals surface area contributed by atoms with Crippen LogP contribution in [0.1, 0.15) is 55.8 Å². The Labute approximate surface area is 172 Å². The number of rotatable bonds is 9. The zero-order valence-corrected chi connectivity index (χ0v) is 16.9. The average Bonchev–Trinajstić information content (AvgIpc) is 2.73. The fourth-order valence-electron chi connectivity index (χ4n) is 3.30. The number of hydrogen-bond donors (Lipinski definition) is 2. The molecule has 0 aliphatic carbocycles. The molecule has 1 heterocycles. The number of ether oxygens (including phenoxy) is 1. The minimum atomic E-state index is -0.574. The quantitative estimate of drug-likeness (QED) is 0.286. The van der Waals surface area contributed by atoms with E-state index >= 15 is 0 Å². The first-order valence-corrected chi connectivity index (χ1v) is 10.2. The van der Waals surface area contributed by atoms with Gasteiger partial charge >= 0.3 is 5.97 Å². The van der Waals surface area contributed by atoms with Crippen molar-refractivity contribution in [3.8, 4) is 6.07 Å². The van der Waals surface area contributed by atoms with Crippen LogP contribution in [-0.2, 0) is 9.53 Å². The number of anilines is 1. The number of aliphatic hydroxyl groups is 1. The van der Waals surface area contributed by atoms with E-state index in [1.165, 1.54) is 0 Å². The second-order valence-electron chi connectivity index (χ2n) is 7.04. The number of para-hydroxylation sites is 1. The summed E-state index contributed by atoms with van der Waals surface area (Å²) in [5.41, 5.74) is 0.528. The third kappa shape index (κ3) is 6.61. The average molecular weight is 399 g/mol. The van der Waals surface area contributed by atoms with Crippen LogP contribution in [-0.4, -0.2) is 47.7 Å². The molecule has 0 radical (unpaired) electrons. The Kier molecular flexibility index (Phi) is 9.19. The number of aliphatic hydroxyl groups excluding tert-OH is 1. The number of likely N-dealkylation sites (tertiary alicyclic amines) is 1. The van der Waals surface area contributed by atoms with Crippen LogP contribution in [0, 0.1) is 11.3 Å². The summed E-state index contributed by atoms with van der Waals surface area (Å²) < 4.78 is 5.24. The molecule has 7 heteroatoms. The van der Waals surface area contributed by atoms with Crippen LogP contribution in [0.3, 0.4) is 0 Å². The summed E-state index contributed by atoms with van der Waals surface area (Å²) in [6.45, 7) is 3.13. The lowest BCUT2D eigenvalue weighted by atomic mass is 10.00. The van der Waals surface area contributed by atoms with Crippen molar-refractivity contribution in [1.82, 2.24) is 4.90 Å². The number of amides is 1. The molecule has 0 bridgehead atoms. The van der Waals surface area contributed by atoms with Gasteiger partial charge in [-0.3, -0.25) is 4.79 Å². The van der Waals surface area contributed by atoms with Gasteiger partial charge in [-0.15, -0.1) is 0 Å². The van der Waals surface area contributed by atoms with Crippen LogP contribution >= 0.6 is 0 Å². The monoisotopic (exact) mass is 399 g/mol. The Hall–Kier alpha value is -2.85. The van der Waals surface area contributed by atoms with E-state index in [-0.39, 0.29) is 23.8 Å². The highest BCUT2D eigenvalue weighted by atomic mass is 16.5. The topological polar surface area (TPSA) is 103 Å². The number of benzene rings is 1. The first kappa shape index (κ1) is 22.4. The number of nitrogens with zero attached hydrogens (tertiary/aromatic N) is 2. The molecule has 29 heavy (non-hydrogen) atoms. The Morgan fingerprint density at radius 1 is 1.38 bits per heavy atom. The molecule has 2 N–H and O–H groups in total. The van der Waals surface area contributed by atoms with E-state index in [0.29, 0.717) is 18.7 Å². The number of nitrogens with one attached hydrogen (secondary N) is 1. The molecule has 0 saturated carbocycles. The van der Waals surface area contributed by atoms with Gasteiger partial charge in [0.15, 0.2) is 0 Å². The number of nitriles is 1. The van der Waals surface area contributed by atoms with E-state index in [1.807, 2.05) is 17.9 Å². The van der Waals surface area contributed by atoms with Gasteiger partial charge < -0.3 is 20.1 Å². The van der Waals surface area contributed by atoms with Gasteiger partial charge in [0.05, 0.1) is 17.9 Å². The van der Waals surface area contributed by atoms with Crippen molar-refractivity contribution < 1.29 is 19.4 Å². The summed E-state index contributed by atoms with van der Waals surface area (Å²) in [7, 11) is 0. The SMILES string of the molecule is CCCCOC(=O)c1ccccc1NC(=O)/C(C#N)=C\N1CCCCC1CCO. The summed E-state index contributed by atoms with van der Waals surface area (Å²) in [6, 6.07) is 8.66. The molecule has 0 spiro atoms. The minimum Gasteiger partial charge on any atom is -0.462 e. The molecule has 1 aromatic carbocycles. The lowest BCUT2D eigenvalue weighted by molar-refractivity contribution is -0.112. The first-order chi connectivity index (χ1) is 14.1. The van der Waals surface area contributed by atoms with Gasteiger partial charge in [-0.1, -0.05) is 25.5 Å². The van der Waals surface area contributed by atoms with E-state index in [9.17, 15) is 20.0 Å². The van der Waals surface area contributed by atoms with Crippen LogP contribution < -0.4 is 5.32 Å². The lowest BCUT2D eigenvalue weighted by Gasteiger charge is -2.34. The maximum absolute atomic E-state index is 12.7. The molecule has 156 valence electrons. The summed E-state index contributed by atoms with van der Waals surface area (Å²) in [4.78, 5) is 27.0. The lowest BCUT2D eigenvalue weighted by Crippen LogP contribution is -2.37. The van der Waals surface area contributed by atoms with Crippen LogP contribution in [0.2, 0.25) is 0 Å². The number of carbonyl (C=O) groups is 2. The van der Waals surface area contributed by atoms with E-state index in [0.717, 1.165) is 38.6 Å². The second-order valence-corrected chi connectivity index (χ2v) is 7.04. The Morgan fingerprint density at radius 3 is 2.90 bits per heavy atom. The number of piperidine rings is 1. The van der Waals surface area contributed by atoms with Crippen molar-refractivity contribution in [2.24, 2.45) is 0 Å². The Bertz CT molecular complexity index is 768. The molecule has 1 aromatic rings. The normalized spacial score (nSPS) is 16.8. The molecule has 1 aliphatic rings. The van der Waals surface area contributed by atoms with Gasteiger partial charge in [-0.25, -0.2) is 4.79 Å². The molecule has 0 aromatic heterocycles. The Morgan fingerprint density at radius 2 is 2.17 bits per heavy atom. The highest BCUT2D eigenvalue weighted by Crippen LogP contribution is 2.22. The van der Waals surface area contributed by atoms with Crippen LogP contribution in [0.4, 0.5) is 5.69 Å². The Balaban J connectivity index is 2.13. The van der Waals surface area contributed by atoms with Gasteiger partial charge in [0.2, 0.25) is 0 Å². The molecular formula is C22H29N3O4. The molecule has 1 saturated heterocycles. The van der Waals surface area contributed by atoms with Crippen LogP contribution in [0.25, 0.3) is 0 Å². The zero-order chi connectivity index (χ0) is 21.1. The molecule has 7 nitrogen and oxygen atoms in total. The van der Waals surface area contributed by atoms with Gasteiger partial charge in [0.1, 0.15) is 11.6 Å². The van der Waals surface area contributed by atoms with E-state index < -0.39 is 11.9 Å². The summed E-state index contributed by atoms with van der Waals surface area (Å²) in [5, 5.41) is 21.4. The molecular weight excluding hydrogens is 370 g/mol. The molecule has 1 atom stereocenters.